The maximum atomic E-state index is 11.4. The van der Waals surface area contributed by atoms with Gasteiger partial charge in [-0.3, -0.25) is 9.78 Å². The van der Waals surface area contributed by atoms with Crippen molar-refractivity contribution in [3.05, 3.63) is 426 Å². The van der Waals surface area contributed by atoms with Gasteiger partial charge in [-0.25, -0.2) is 48.5 Å². The molecule has 1 amide bonds. The number of aromatic amines is 1. The van der Waals surface area contributed by atoms with Crippen molar-refractivity contribution < 1.29 is 71.5 Å². The number of hydrogen-bond donors (Lipinski definition) is 2. The number of benzene rings is 14. The first-order valence-corrected chi connectivity index (χ1v) is 44.1. The molecule has 14 aromatic carbocycles. The van der Waals surface area contributed by atoms with E-state index in [9.17, 15) is 38.4 Å². The average Bonchev–Trinajstić information content (AvgIpc) is 1.37. The van der Waals surface area contributed by atoms with Gasteiger partial charge in [0.25, 0.3) is 0 Å². The molecule has 0 spiro atoms. The number of ether oxygens (including phenoxy) is 7. The van der Waals surface area contributed by atoms with Gasteiger partial charge in [-0.05, 0) is 202 Å². The lowest BCUT2D eigenvalue weighted by molar-refractivity contribution is -0.138. The summed E-state index contributed by atoms with van der Waals surface area (Å²) in [6, 6.07) is 88.6. The highest BCUT2D eigenvalue weighted by Crippen LogP contribution is 2.38. The van der Waals surface area contributed by atoms with Gasteiger partial charge >= 0.3 is 41.8 Å². The lowest BCUT2D eigenvalue weighted by Crippen LogP contribution is -2.09. The molecule has 18 aromatic rings. The predicted molar refractivity (Wildman–Crippen MR) is 545 cm³/mol. The van der Waals surface area contributed by atoms with Gasteiger partial charge in [-0.2, -0.15) is 0 Å². The number of pyridine rings is 1. The second kappa shape index (κ2) is 49.5. The molecular weight excluding hydrogens is 1730 g/mol. The molecule has 0 saturated heterocycles. The van der Waals surface area contributed by atoms with Gasteiger partial charge < -0.3 is 43.5 Å². The normalized spacial score (nSPS) is 10.6. The first kappa shape index (κ1) is 97.6. The lowest BCUT2D eigenvalue weighted by atomic mass is 9.90. The van der Waals surface area contributed by atoms with Crippen molar-refractivity contribution in [2.24, 2.45) is 0 Å². The highest BCUT2D eigenvalue weighted by atomic mass is 32.1. The summed E-state index contributed by atoms with van der Waals surface area (Å²) >= 11 is 1.62. The monoisotopic (exact) mass is 1820 g/mol. The van der Waals surface area contributed by atoms with E-state index in [1.54, 1.807) is 42.5 Å². The van der Waals surface area contributed by atoms with Crippen LogP contribution in [0.15, 0.2) is 398 Å². The summed E-state index contributed by atoms with van der Waals surface area (Å²) in [5, 5.41) is 24.6. The summed E-state index contributed by atoms with van der Waals surface area (Å²) in [6.07, 6.45) is 22.1. The standard InChI is InChI=1S/C23H20O2.C17H12O2.C15H14O2.C14H13NO2.C14H12O2.C12H10O2.C11H8O2S.C8H7N5O/c1-2-21(24)25-14-4-3-7-18-15-19-10-5-8-16-12-13-17-9-6-11-20(18)23(17)22(16)19;1-2-17(18)19-16-9-5-8-14-13-7-4-3-6-12(13)10-11-15(14)16;1-2-15(16)17-11-10-13-8-5-7-12-6-3-4-9-14(12)13;1-2-14(16)17-8-7-13-9-11-5-3-4-6-12(11)10-15-13;1-10(2)14(15)16-13-9-5-7-11-6-3-4-8-12(11)13;1-2-12(13)14-11-7-6-9-4-3-5-10(9)8-11;1-2-11(12)13-9-4-3-8-5-6-14-10(8)7-9;1-2-5(14)13-8-6-7(10-3-9-6)11-4-12-8/h2,5-6,8-13,15H,1,3-4,7,14H2;2-11H,1H2;2-9H,1,10-11H2;2-6,9-10H,1,7-8H2;3-9H,1H2,2H3;2-4,6-8H,1,5H2;2-7H,1H2;2-4H,1H2,(H2,9,10,11,12,13,14). The molecule has 4 heterocycles. The van der Waals surface area contributed by atoms with E-state index in [0.717, 1.165) is 104 Å². The molecule has 0 unspecified atom stereocenters. The van der Waals surface area contributed by atoms with E-state index < -0.39 is 29.8 Å². The maximum absolute atomic E-state index is 11.4. The van der Waals surface area contributed by atoms with Crippen molar-refractivity contribution in [3.63, 3.8) is 0 Å². The van der Waals surface area contributed by atoms with Crippen molar-refractivity contribution in [2.45, 2.75) is 45.4 Å². The summed E-state index contributed by atoms with van der Waals surface area (Å²) in [4.78, 5) is 107. The van der Waals surface area contributed by atoms with Crippen LogP contribution in [0.4, 0.5) is 5.82 Å². The number of unbranched alkanes of at least 4 members (excludes halogenated alkanes) is 1. The van der Waals surface area contributed by atoms with Gasteiger partial charge in [0.15, 0.2) is 11.5 Å². The molecule has 19 rings (SSSR count). The summed E-state index contributed by atoms with van der Waals surface area (Å²) in [5.41, 5.74) is 7.38. The Morgan fingerprint density at radius 1 is 0.404 bits per heavy atom. The Kier molecular flexibility index (Phi) is 35.5. The first-order chi connectivity index (χ1) is 66.2. The first-order valence-electron chi connectivity index (χ1n) is 43.2. The van der Waals surface area contributed by atoms with Crippen LogP contribution < -0.4 is 24.3 Å². The number of carbonyl (C=O) groups excluding carboxylic acids is 8. The highest BCUT2D eigenvalue weighted by Gasteiger charge is 2.16. The van der Waals surface area contributed by atoms with Gasteiger partial charge in [0, 0.05) is 87.6 Å². The quantitative estimate of drug-likeness (QED) is 0.0142. The molecule has 0 aliphatic heterocycles. The average molecular weight is 1820 g/mol. The fraction of sp³-hybridized carbons (Fsp3) is 0.0877. The highest BCUT2D eigenvalue weighted by molar-refractivity contribution is 7.17. The number of anilines is 1. The molecule has 1 aliphatic carbocycles. The second-order valence-corrected chi connectivity index (χ2v) is 31.0. The zero-order valence-electron chi connectivity index (χ0n) is 74.8. The lowest BCUT2D eigenvalue weighted by Gasteiger charge is -2.14. The molecule has 0 atom stereocenters. The number of fused-ring (bicyclic) bond motifs is 9. The zero-order chi connectivity index (χ0) is 96.1. The molecule has 0 bridgehead atoms. The Bertz CT molecular complexity index is 7500. The molecule has 136 heavy (non-hydrogen) atoms. The number of nitrogens with one attached hydrogen (secondary N) is 2. The van der Waals surface area contributed by atoms with Crippen molar-refractivity contribution in [3.8, 4) is 23.0 Å². The number of hydrogen-bond acceptors (Lipinski definition) is 20. The van der Waals surface area contributed by atoms with Crippen LogP contribution in [0.25, 0.3) is 114 Å². The van der Waals surface area contributed by atoms with Crippen LogP contribution in [0.1, 0.15) is 47.7 Å². The number of amides is 1. The molecule has 4 aromatic heterocycles. The molecule has 0 radical (unpaired) electrons. The van der Waals surface area contributed by atoms with E-state index in [-0.39, 0.29) is 17.8 Å². The smallest absolute Gasteiger partial charge is 0.338 e. The van der Waals surface area contributed by atoms with Crippen molar-refractivity contribution in [2.75, 3.05) is 25.1 Å². The van der Waals surface area contributed by atoms with Crippen LogP contribution in [-0.4, -0.2) is 92.4 Å². The largest absolute Gasteiger partial charge is 0.463 e. The van der Waals surface area contributed by atoms with Crippen LogP contribution in [0, 0.1) is 0 Å². The minimum absolute atomic E-state index is 0.320. The van der Waals surface area contributed by atoms with Crippen LogP contribution in [0.3, 0.4) is 0 Å². The fourth-order valence-electron chi connectivity index (χ4n) is 14.5. The van der Waals surface area contributed by atoms with Crippen molar-refractivity contribution in [1.29, 1.82) is 0 Å². The molecular formula is C114H96N6O15S. The summed E-state index contributed by atoms with van der Waals surface area (Å²) < 4.78 is 36.6. The van der Waals surface area contributed by atoms with Gasteiger partial charge in [0.2, 0.25) is 5.91 Å². The molecule has 0 saturated carbocycles. The second-order valence-electron chi connectivity index (χ2n) is 30.1. The number of nitrogens with zero attached hydrogens (tertiary/aromatic N) is 4. The van der Waals surface area contributed by atoms with Gasteiger partial charge in [0.05, 0.1) is 26.1 Å². The van der Waals surface area contributed by atoms with Crippen LogP contribution in [0.5, 0.6) is 23.0 Å². The van der Waals surface area contributed by atoms with Gasteiger partial charge in [0.1, 0.15) is 34.8 Å². The number of rotatable bonds is 24. The number of aromatic nitrogens is 5. The minimum atomic E-state index is -0.444. The summed E-state index contributed by atoms with van der Waals surface area (Å²) in [5.74, 6) is -0.439. The fourth-order valence-corrected chi connectivity index (χ4v) is 15.3. The van der Waals surface area contributed by atoms with Crippen molar-refractivity contribution >= 4 is 178 Å². The number of aryl methyl sites for hydroxylation is 1. The number of allylic oxidation sites excluding steroid dienone is 1. The van der Waals surface area contributed by atoms with E-state index >= 15 is 0 Å². The van der Waals surface area contributed by atoms with E-state index in [1.165, 1.54) is 108 Å². The molecule has 2 N–H and O–H groups in total. The number of H-pyrrole nitrogens is 1. The van der Waals surface area contributed by atoms with Crippen LogP contribution in [-0.2, 0) is 78.3 Å². The Morgan fingerprint density at radius 3 is 1.62 bits per heavy atom. The number of thiophene rings is 1. The molecule has 0 fully saturated rings. The van der Waals surface area contributed by atoms with Crippen LogP contribution >= 0.6 is 11.3 Å². The van der Waals surface area contributed by atoms with E-state index in [1.807, 2.05) is 163 Å². The van der Waals surface area contributed by atoms with E-state index in [0.29, 0.717) is 71.8 Å². The van der Waals surface area contributed by atoms with E-state index in [2.05, 4.69) is 186 Å². The molecule has 21 nitrogen and oxygen atoms in total. The molecule has 1 aliphatic rings. The maximum Gasteiger partial charge on any atom is 0.338 e. The molecule has 678 valence electrons. The summed E-state index contributed by atoms with van der Waals surface area (Å²) in [7, 11) is 0. The topological polar surface area (TPSA) is 281 Å². The van der Waals surface area contributed by atoms with E-state index in [4.69, 9.17) is 33.2 Å². The third-order valence-corrected chi connectivity index (χ3v) is 21.9. The molecule has 22 heteroatoms. The number of imidazole rings is 1. The number of esters is 7. The SMILES string of the molecule is C=C(C)C(=O)Oc1cccc2ccccc12.C=CC(=O)Nc1ncnc2nc[nH]c12.C=CC(=O)OCCCCc1cc2cccc3ccc4cccc1c4c32.C=CC(=O)OCCc1cc2ccccc2cn1.C=CC(=O)OCCc1cccc2ccccc12.C=CC(=O)Oc1ccc2c(c1)CC=C2.C=CC(=O)Oc1ccc2ccsc2c1.C=CC(=O)Oc1cccc2c1ccc1ccccc12. The van der Waals surface area contributed by atoms with Gasteiger partial charge in [-0.1, -0.05) is 271 Å². The Balaban J connectivity index is 0.000000141. The Hall–Kier alpha value is -17.5. The predicted octanol–water partition coefficient (Wildman–Crippen LogP) is 24.5. The minimum Gasteiger partial charge on any atom is -0.463 e. The summed E-state index contributed by atoms with van der Waals surface area (Å²) in [6.45, 7) is 29.9. The van der Waals surface area contributed by atoms with Crippen LogP contribution in [0.2, 0.25) is 0 Å². The third kappa shape index (κ3) is 27.1. The number of carbonyl (C=O) groups is 8. The van der Waals surface area contributed by atoms with Crippen molar-refractivity contribution in [1.82, 2.24) is 24.9 Å². The Morgan fingerprint density at radius 2 is 0.934 bits per heavy atom. The zero-order valence-corrected chi connectivity index (χ0v) is 75.6. The Labute approximate surface area is 789 Å². The van der Waals surface area contributed by atoms with Gasteiger partial charge in [-0.15, -0.1) is 11.3 Å². The third-order valence-electron chi connectivity index (χ3n) is 21.0.